The van der Waals surface area contributed by atoms with E-state index in [1.165, 1.54) is 11.1 Å². The zero-order valence-corrected chi connectivity index (χ0v) is 17.6. The fourth-order valence-corrected chi connectivity index (χ4v) is 3.91. The van der Waals surface area contributed by atoms with Gasteiger partial charge in [0.15, 0.2) is 5.82 Å². The Kier molecular flexibility index (Phi) is 6.07. The Labute approximate surface area is 178 Å². The lowest BCUT2D eigenvalue weighted by molar-refractivity contribution is -0.125. The topological polar surface area (TPSA) is 58.1 Å². The Bertz CT molecular complexity index is 998. The van der Waals surface area contributed by atoms with Crippen molar-refractivity contribution in [2.24, 2.45) is 5.92 Å². The number of hydrogen-bond acceptors (Lipinski definition) is 4. The summed E-state index contributed by atoms with van der Waals surface area (Å²) in [6, 6.07) is 20.5. The maximum atomic E-state index is 12.8. The lowest BCUT2D eigenvalue weighted by Crippen LogP contribution is -2.43. The quantitative estimate of drug-likeness (QED) is 0.694. The van der Waals surface area contributed by atoms with Gasteiger partial charge in [-0.2, -0.15) is 0 Å². The molecule has 1 amide bonds. The number of nitrogens with zero attached hydrogens (tertiary/aromatic N) is 3. The monoisotopic (exact) mass is 400 g/mol. The first kappa shape index (κ1) is 20.1. The van der Waals surface area contributed by atoms with Crippen LogP contribution < -0.4 is 10.2 Å². The minimum absolute atomic E-state index is 0.0265. The van der Waals surface area contributed by atoms with Crippen LogP contribution in [-0.2, 0) is 11.3 Å². The summed E-state index contributed by atoms with van der Waals surface area (Å²) in [5.74, 6) is 0.927. The van der Waals surface area contributed by atoms with Crippen LogP contribution in [0.5, 0.6) is 0 Å². The lowest BCUT2D eigenvalue weighted by Gasteiger charge is -2.32. The molecule has 1 aliphatic rings. The average molecular weight is 401 g/mol. The van der Waals surface area contributed by atoms with Crippen molar-refractivity contribution in [1.82, 2.24) is 15.5 Å². The minimum Gasteiger partial charge on any atom is -0.354 e. The van der Waals surface area contributed by atoms with E-state index in [1.54, 1.807) is 0 Å². The van der Waals surface area contributed by atoms with Gasteiger partial charge in [-0.3, -0.25) is 4.79 Å². The molecular weight excluding hydrogens is 372 g/mol. The number of hydrogen-bond donors (Lipinski definition) is 1. The van der Waals surface area contributed by atoms with Gasteiger partial charge in [0.05, 0.1) is 11.6 Å². The van der Waals surface area contributed by atoms with Gasteiger partial charge >= 0.3 is 0 Å². The molecule has 5 nitrogen and oxygen atoms in total. The van der Waals surface area contributed by atoms with Gasteiger partial charge in [-0.25, -0.2) is 0 Å². The fraction of sp³-hybridized carbons (Fsp3) is 0.320. The van der Waals surface area contributed by atoms with Gasteiger partial charge in [0.2, 0.25) is 5.91 Å². The van der Waals surface area contributed by atoms with E-state index in [4.69, 9.17) is 0 Å². The van der Waals surface area contributed by atoms with Crippen LogP contribution in [0.3, 0.4) is 0 Å². The molecule has 5 heteroatoms. The third-order valence-corrected chi connectivity index (χ3v) is 5.83. The number of amides is 1. The summed E-state index contributed by atoms with van der Waals surface area (Å²) in [4.78, 5) is 14.9. The number of carbonyl (C=O) groups excluding carboxylic acids is 1. The summed E-state index contributed by atoms with van der Waals surface area (Å²) in [5, 5.41) is 12.0. The van der Waals surface area contributed by atoms with Crippen LogP contribution in [0.25, 0.3) is 11.3 Å². The standard InChI is InChI=1S/C25H28N4O/c1-18-9-11-20(12-10-18)23-13-14-24(28-27-23)29-15-5-8-22(17-29)25(30)26-16-21-7-4-3-6-19(21)2/h3-4,6-7,9-14,22H,5,8,15-17H2,1-2H3,(H,26,30)/t22-/m0/s1. The molecule has 154 valence electrons. The molecule has 0 radical (unpaired) electrons. The first-order chi connectivity index (χ1) is 14.6. The highest BCUT2D eigenvalue weighted by Crippen LogP contribution is 2.24. The van der Waals surface area contributed by atoms with E-state index in [0.717, 1.165) is 42.0 Å². The predicted octanol–water partition coefficient (Wildman–Crippen LogP) is 4.29. The maximum absolute atomic E-state index is 12.8. The van der Waals surface area contributed by atoms with Gasteiger partial charge in [0, 0.05) is 25.2 Å². The molecule has 2 aromatic carbocycles. The molecule has 1 atom stereocenters. The molecule has 1 aliphatic heterocycles. The maximum Gasteiger partial charge on any atom is 0.225 e. The van der Waals surface area contributed by atoms with Crippen LogP contribution in [0.1, 0.15) is 29.5 Å². The van der Waals surface area contributed by atoms with Gasteiger partial charge in [-0.1, -0.05) is 54.1 Å². The van der Waals surface area contributed by atoms with Crippen molar-refractivity contribution in [2.45, 2.75) is 33.2 Å². The molecule has 1 aromatic heterocycles. The normalized spacial score (nSPS) is 16.3. The zero-order valence-electron chi connectivity index (χ0n) is 17.6. The number of nitrogens with one attached hydrogen (secondary N) is 1. The van der Waals surface area contributed by atoms with Gasteiger partial charge in [-0.15, -0.1) is 10.2 Å². The first-order valence-corrected chi connectivity index (χ1v) is 10.6. The number of aryl methyl sites for hydroxylation is 2. The Morgan fingerprint density at radius 1 is 1.03 bits per heavy atom. The van der Waals surface area contributed by atoms with E-state index in [2.05, 4.69) is 70.7 Å². The highest BCUT2D eigenvalue weighted by Gasteiger charge is 2.26. The highest BCUT2D eigenvalue weighted by molar-refractivity contribution is 5.79. The van der Waals surface area contributed by atoms with Crippen LogP contribution >= 0.6 is 0 Å². The third kappa shape index (κ3) is 4.67. The minimum atomic E-state index is -0.0265. The molecular formula is C25H28N4O. The SMILES string of the molecule is Cc1ccc(-c2ccc(N3CCC[C@H](C(=O)NCc4ccccc4C)C3)nn2)cc1. The molecule has 0 unspecified atom stereocenters. The summed E-state index contributed by atoms with van der Waals surface area (Å²) in [6.07, 6.45) is 1.88. The highest BCUT2D eigenvalue weighted by atomic mass is 16.1. The second-order valence-corrected chi connectivity index (χ2v) is 8.07. The van der Waals surface area contributed by atoms with Crippen molar-refractivity contribution >= 4 is 11.7 Å². The molecule has 4 rings (SSSR count). The van der Waals surface area contributed by atoms with E-state index in [-0.39, 0.29) is 11.8 Å². The summed E-state index contributed by atoms with van der Waals surface area (Å²) in [7, 11) is 0. The molecule has 3 aromatic rings. The van der Waals surface area contributed by atoms with Crippen molar-refractivity contribution in [3.05, 3.63) is 77.4 Å². The van der Waals surface area contributed by atoms with E-state index >= 15 is 0 Å². The number of anilines is 1. The van der Waals surface area contributed by atoms with Crippen LogP contribution in [0.2, 0.25) is 0 Å². The van der Waals surface area contributed by atoms with Crippen molar-refractivity contribution in [1.29, 1.82) is 0 Å². The van der Waals surface area contributed by atoms with Gasteiger partial charge in [-0.05, 0) is 49.9 Å². The number of carbonyl (C=O) groups is 1. The molecule has 30 heavy (non-hydrogen) atoms. The van der Waals surface area contributed by atoms with E-state index in [1.807, 2.05) is 24.3 Å². The smallest absolute Gasteiger partial charge is 0.225 e. The summed E-state index contributed by atoms with van der Waals surface area (Å²) >= 11 is 0. The summed E-state index contributed by atoms with van der Waals surface area (Å²) in [5.41, 5.74) is 5.52. The number of rotatable bonds is 5. The number of benzene rings is 2. The molecule has 0 spiro atoms. The van der Waals surface area contributed by atoms with E-state index in [9.17, 15) is 4.79 Å². The van der Waals surface area contributed by atoms with Crippen molar-refractivity contribution in [3.63, 3.8) is 0 Å². The van der Waals surface area contributed by atoms with E-state index < -0.39 is 0 Å². The van der Waals surface area contributed by atoms with Crippen LogP contribution in [0.15, 0.2) is 60.7 Å². The molecule has 0 aliphatic carbocycles. The van der Waals surface area contributed by atoms with Gasteiger partial charge in [0.25, 0.3) is 0 Å². The Morgan fingerprint density at radius 3 is 2.57 bits per heavy atom. The fourth-order valence-electron chi connectivity index (χ4n) is 3.91. The van der Waals surface area contributed by atoms with Crippen LogP contribution in [0.4, 0.5) is 5.82 Å². The molecule has 0 saturated carbocycles. The van der Waals surface area contributed by atoms with Crippen LogP contribution in [0, 0.1) is 19.8 Å². The molecule has 1 saturated heterocycles. The lowest BCUT2D eigenvalue weighted by atomic mass is 9.97. The molecule has 1 fully saturated rings. The number of piperidine rings is 1. The first-order valence-electron chi connectivity index (χ1n) is 10.6. The van der Waals surface area contributed by atoms with Gasteiger partial charge in [0.1, 0.15) is 0 Å². The van der Waals surface area contributed by atoms with Crippen molar-refractivity contribution < 1.29 is 4.79 Å². The zero-order chi connectivity index (χ0) is 20.9. The average Bonchev–Trinajstić information content (AvgIpc) is 2.79. The second-order valence-electron chi connectivity index (χ2n) is 8.07. The van der Waals surface area contributed by atoms with Crippen molar-refractivity contribution in [3.8, 4) is 11.3 Å². The van der Waals surface area contributed by atoms with Gasteiger partial charge < -0.3 is 10.2 Å². The molecule has 2 heterocycles. The second kappa shape index (κ2) is 9.08. The van der Waals surface area contributed by atoms with Crippen molar-refractivity contribution in [2.75, 3.05) is 18.0 Å². The number of aromatic nitrogens is 2. The summed E-state index contributed by atoms with van der Waals surface area (Å²) in [6.45, 7) is 6.30. The molecule has 0 bridgehead atoms. The summed E-state index contributed by atoms with van der Waals surface area (Å²) < 4.78 is 0. The third-order valence-electron chi connectivity index (χ3n) is 5.83. The molecule has 1 N–H and O–H groups in total. The Hall–Kier alpha value is -3.21. The Morgan fingerprint density at radius 2 is 1.83 bits per heavy atom. The van der Waals surface area contributed by atoms with E-state index in [0.29, 0.717) is 13.1 Å². The predicted molar refractivity (Wildman–Crippen MR) is 120 cm³/mol. The van der Waals surface area contributed by atoms with Crippen LogP contribution in [-0.4, -0.2) is 29.2 Å². The Balaban J connectivity index is 1.38. The largest absolute Gasteiger partial charge is 0.354 e.